The lowest BCUT2D eigenvalue weighted by Crippen LogP contribution is -2.25. The molecule has 1 aromatic heterocycles. The molecule has 0 unspecified atom stereocenters. The van der Waals surface area contributed by atoms with Crippen LogP contribution in [0, 0.1) is 0 Å². The second-order valence-corrected chi connectivity index (χ2v) is 7.31. The molecule has 0 spiro atoms. The molecule has 0 bridgehead atoms. The summed E-state index contributed by atoms with van der Waals surface area (Å²) in [5.74, 6) is -0.203. The van der Waals surface area contributed by atoms with Gasteiger partial charge in [0.25, 0.3) is 5.91 Å². The van der Waals surface area contributed by atoms with Crippen molar-refractivity contribution in [2.24, 2.45) is 0 Å². The lowest BCUT2D eigenvalue weighted by Gasteiger charge is -2.14. The van der Waals surface area contributed by atoms with Gasteiger partial charge in [0.15, 0.2) is 0 Å². The van der Waals surface area contributed by atoms with E-state index in [1.54, 1.807) is 21.8 Å². The molecule has 0 aliphatic carbocycles. The Morgan fingerprint density at radius 2 is 2.00 bits per heavy atom. The summed E-state index contributed by atoms with van der Waals surface area (Å²) < 4.78 is 6.72. The van der Waals surface area contributed by atoms with E-state index in [9.17, 15) is 9.59 Å². The number of cyclic esters (lactones) is 1. The van der Waals surface area contributed by atoms with Crippen molar-refractivity contribution in [1.82, 2.24) is 15.1 Å². The van der Waals surface area contributed by atoms with Crippen LogP contribution in [0.15, 0.2) is 54.7 Å². The number of ether oxygens (including phenoxy) is 1. The number of carbonyl (C=O) groups excluding carboxylic acids is 2. The Kier molecular flexibility index (Phi) is 5.72. The number of rotatable bonds is 6. The predicted octanol–water partition coefficient (Wildman–Crippen LogP) is 3.97. The van der Waals surface area contributed by atoms with Crippen molar-refractivity contribution in [3.05, 3.63) is 76.6 Å². The van der Waals surface area contributed by atoms with Crippen LogP contribution < -0.4 is 10.2 Å². The molecule has 2 amide bonds. The number of hydrogen-bond acceptors (Lipinski definition) is 4. The first-order chi connectivity index (χ1) is 14.6. The second kappa shape index (κ2) is 8.59. The number of aromatic nitrogens is 2. The third kappa shape index (κ3) is 4.02. The van der Waals surface area contributed by atoms with E-state index in [4.69, 9.17) is 16.3 Å². The largest absolute Gasteiger partial charge is 0.447 e. The second-order valence-electron chi connectivity index (χ2n) is 6.87. The molecular formula is C22H21ClN4O3. The third-order valence-electron chi connectivity index (χ3n) is 4.94. The van der Waals surface area contributed by atoms with E-state index in [0.717, 1.165) is 22.6 Å². The molecule has 3 aromatic rings. The molecule has 1 aliphatic rings. The van der Waals surface area contributed by atoms with Crippen LogP contribution in [0.1, 0.15) is 28.5 Å². The van der Waals surface area contributed by atoms with Crippen LogP contribution in [0.5, 0.6) is 0 Å². The molecule has 1 saturated heterocycles. The van der Waals surface area contributed by atoms with Crippen molar-refractivity contribution >= 4 is 29.3 Å². The molecule has 1 aliphatic heterocycles. The minimum absolute atomic E-state index is 0.203. The molecule has 0 atom stereocenters. The van der Waals surface area contributed by atoms with Crippen molar-refractivity contribution in [2.75, 3.05) is 18.1 Å². The predicted molar refractivity (Wildman–Crippen MR) is 114 cm³/mol. The molecular weight excluding hydrogens is 404 g/mol. The minimum Gasteiger partial charge on any atom is -0.447 e. The van der Waals surface area contributed by atoms with Crippen molar-refractivity contribution in [1.29, 1.82) is 0 Å². The minimum atomic E-state index is -0.350. The molecule has 2 heterocycles. The molecule has 1 fully saturated rings. The third-order valence-corrected chi connectivity index (χ3v) is 5.17. The van der Waals surface area contributed by atoms with Crippen LogP contribution in [0.2, 0.25) is 5.02 Å². The summed E-state index contributed by atoms with van der Waals surface area (Å²) in [5, 5.41) is 7.94. The van der Waals surface area contributed by atoms with E-state index < -0.39 is 0 Å². The zero-order chi connectivity index (χ0) is 21.1. The average molecular weight is 425 g/mol. The molecule has 0 saturated carbocycles. The van der Waals surface area contributed by atoms with Crippen LogP contribution in [0.3, 0.4) is 0 Å². The highest BCUT2D eigenvalue weighted by Crippen LogP contribution is 2.21. The van der Waals surface area contributed by atoms with Gasteiger partial charge in [0.2, 0.25) is 0 Å². The van der Waals surface area contributed by atoms with Gasteiger partial charge in [-0.3, -0.25) is 9.69 Å². The van der Waals surface area contributed by atoms with Gasteiger partial charge < -0.3 is 10.1 Å². The molecule has 2 aromatic carbocycles. The number of carbonyl (C=O) groups is 2. The maximum absolute atomic E-state index is 12.8. The summed E-state index contributed by atoms with van der Waals surface area (Å²) in [7, 11) is 0. The highest BCUT2D eigenvalue weighted by atomic mass is 35.5. The molecule has 1 N–H and O–H groups in total. The van der Waals surface area contributed by atoms with E-state index in [1.165, 1.54) is 0 Å². The van der Waals surface area contributed by atoms with Crippen LogP contribution >= 0.6 is 11.6 Å². The first-order valence-corrected chi connectivity index (χ1v) is 10.1. The van der Waals surface area contributed by atoms with Crippen LogP contribution in [0.25, 0.3) is 5.69 Å². The molecule has 7 nitrogen and oxygen atoms in total. The molecule has 8 heteroatoms. The normalized spacial score (nSPS) is 13.4. The van der Waals surface area contributed by atoms with Gasteiger partial charge >= 0.3 is 6.09 Å². The fourth-order valence-electron chi connectivity index (χ4n) is 3.47. The molecule has 0 radical (unpaired) electrons. The topological polar surface area (TPSA) is 76.5 Å². The van der Waals surface area contributed by atoms with Gasteiger partial charge in [-0.15, -0.1) is 0 Å². The molecule has 154 valence electrons. The van der Waals surface area contributed by atoms with Gasteiger partial charge in [-0.2, -0.15) is 5.10 Å². The van der Waals surface area contributed by atoms with E-state index in [0.29, 0.717) is 36.7 Å². The van der Waals surface area contributed by atoms with Crippen LogP contribution in [0.4, 0.5) is 10.5 Å². The summed E-state index contributed by atoms with van der Waals surface area (Å²) in [6, 6.07) is 14.8. The first-order valence-electron chi connectivity index (χ1n) is 9.71. The van der Waals surface area contributed by atoms with E-state index in [-0.39, 0.29) is 12.0 Å². The number of benzene rings is 2. The Bertz CT molecular complexity index is 1100. The summed E-state index contributed by atoms with van der Waals surface area (Å²) >= 11 is 6.09. The number of amides is 2. The Morgan fingerprint density at radius 1 is 1.20 bits per heavy atom. The Balaban J connectivity index is 1.49. The Morgan fingerprint density at radius 3 is 2.73 bits per heavy atom. The highest BCUT2D eigenvalue weighted by Gasteiger charge is 2.23. The summed E-state index contributed by atoms with van der Waals surface area (Å²) in [6.45, 7) is 3.22. The van der Waals surface area contributed by atoms with E-state index in [1.807, 2.05) is 49.4 Å². The number of nitrogens with one attached hydrogen (secondary N) is 1. The lowest BCUT2D eigenvalue weighted by molar-refractivity contribution is 0.0950. The van der Waals surface area contributed by atoms with E-state index in [2.05, 4.69) is 10.4 Å². The van der Waals surface area contributed by atoms with Crippen molar-refractivity contribution in [3.8, 4) is 5.69 Å². The maximum Gasteiger partial charge on any atom is 0.414 e. The molecule has 30 heavy (non-hydrogen) atoms. The van der Waals surface area contributed by atoms with Crippen molar-refractivity contribution in [3.63, 3.8) is 0 Å². The highest BCUT2D eigenvalue weighted by molar-refractivity contribution is 6.30. The Hall–Kier alpha value is -3.32. The van der Waals surface area contributed by atoms with Gasteiger partial charge in [0.1, 0.15) is 6.61 Å². The van der Waals surface area contributed by atoms with Gasteiger partial charge in [0, 0.05) is 17.3 Å². The number of hydrogen-bond donors (Lipinski definition) is 1. The van der Waals surface area contributed by atoms with Crippen molar-refractivity contribution < 1.29 is 14.3 Å². The quantitative estimate of drug-likeness (QED) is 0.649. The van der Waals surface area contributed by atoms with Gasteiger partial charge in [0.05, 0.1) is 29.7 Å². The zero-order valence-corrected chi connectivity index (χ0v) is 17.2. The van der Waals surface area contributed by atoms with E-state index >= 15 is 0 Å². The number of anilines is 1. The Labute approximate surface area is 179 Å². The van der Waals surface area contributed by atoms with Crippen LogP contribution in [-0.4, -0.2) is 34.9 Å². The summed E-state index contributed by atoms with van der Waals surface area (Å²) in [4.78, 5) is 26.2. The fraction of sp³-hybridized carbons (Fsp3) is 0.227. The van der Waals surface area contributed by atoms with Gasteiger partial charge in [-0.05, 0) is 42.3 Å². The fourth-order valence-corrected chi connectivity index (χ4v) is 3.66. The lowest BCUT2D eigenvalue weighted by atomic mass is 10.1. The monoisotopic (exact) mass is 424 g/mol. The number of halogens is 1. The summed E-state index contributed by atoms with van der Waals surface area (Å²) in [5.41, 5.74) is 3.79. The standard InChI is InChI=1S/C22H21ClN4O3/c1-2-20-19(14-25-27(20)18-8-4-6-16(23)12-18)21(28)24-13-15-5-3-7-17(11-15)26-9-10-30-22(26)29/h3-8,11-12,14H,2,9-10,13H2,1H3,(H,24,28). The maximum atomic E-state index is 12.8. The SMILES string of the molecule is CCc1c(C(=O)NCc2cccc(N3CCOC3=O)c2)cnn1-c1cccc(Cl)c1. The zero-order valence-electron chi connectivity index (χ0n) is 16.5. The number of nitrogens with zero attached hydrogens (tertiary/aromatic N) is 3. The van der Waals surface area contributed by atoms with Gasteiger partial charge in [-0.25, -0.2) is 9.48 Å². The average Bonchev–Trinajstić information content (AvgIpc) is 3.38. The molecule has 4 rings (SSSR count). The van der Waals surface area contributed by atoms with Gasteiger partial charge in [-0.1, -0.05) is 36.7 Å². The first kappa shape index (κ1) is 20.0. The summed E-state index contributed by atoms with van der Waals surface area (Å²) in [6.07, 6.45) is 1.87. The smallest absolute Gasteiger partial charge is 0.414 e. The van der Waals surface area contributed by atoms with Crippen molar-refractivity contribution in [2.45, 2.75) is 19.9 Å². The van der Waals surface area contributed by atoms with Crippen LogP contribution in [-0.2, 0) is 17.7 Å².